The molecule has 0 bridgehead atoms. The third kappa shape index (κ3) is 3.39. The first kappa shape index (κ1) is 18.2. The molecule has 1 amide bonds. The summed E-state index contributed by atoms with van der Waals surface area (Å²) in [5.74, 6) is 0.206. The zero-order chi connectivity index (χ0) is 19.0. The average Bonchev–Trinajstić information content (AvgIpc) is 3.34. The largest absolute Gasteiger partial charge is 0.378 e. The first-order valence-corrected chi connectivity index (χ1v) is 9.55. The second-order valence-corrected chi connectivity index (χ2v) is 7.57. The number of carbonyl (C=O) groups is 1. The molecule has 2 aliphatic heterocycles. The highest BCUT2D eigenvalue weighted by atomic mass is 35.5. The van der Waals surface area contributed by atoms with E-state index >= 15 is 0 Å². The Morgan fingerprint density at radius 3 is 3.00 bits per heavy atom. The maximum absolute atomic E-state index is 13.1. The van der Waals surface area contributed by atoms with Crippen LogP contribution in [0.15, 0.2) is 24.5 Å². The smallest absolute Gasteiger partial charge is 0.228 e. The van der Waals surface area contributed by atoms with Crippen molar-refractivity contribution in [3.63, 3.8) is 0 Å². The Balaban J connectivity index is 1.47. The van der Waals surface area contributed by atoms with Crippen molar-refractivity contribution in [2.75, 3.05) is 25.1 Å². The van der Waals surface area contributed by atoms with Gasteiger partial charge < -0.3 is 14.5 Å². The Bertz CT molecular complexity index is 859. The van der Waals surface area contributed by atoms with Crippen LogP contribution in [0.1, 0.15) is 28.9 Å². The zero-order valence-corrected chi connectivity index (χ0v) is 16.4. The van der Waals surface area contributed by atoms with Gasteiger partial charge in [-0.2, -0.15) is 0 Å². The number of ether oxygens (including phenoxy) is 1. The minimum Gasteiger partial charge on any atom is -0.378 e. The van der Waals surface area contributed by atoms with E-state index < -0.39 is 0 Å². The molecule has 0 spiro atoms. The van der Waals surface area contributed by atoms with Crippen LogP contribution in [-0.4, -0.2) is 41.0 Å². The van der Waals surface area contributed by atoms with Gasteiger partial charge in [0.1, 0.15) is 0 Å². The highest BCUT2D eigenvalue weighted by Gasteiger charge is 2.35. The number of pyridine rings is 2. The van der Waals surface area contributed by atoms with E-state index in [0.29, 0.717) is 24.7 Å². The van der Waals surface area contributed by atoms with Crippen molar-refractivity contribution in [2.45, 2.75) is 33.0 Å². The van der Waals surface area contributed by atoms with Crippen LogP contribution in [0.3, 0.4) is 0 Å². The summed E-state index contributed by atoms with van der Waals surface area (Å²) < 4.78 is 5.19. The molecule has 0 aromatic carbocycles. The Labute approximate surface area is 164 Å². The monoisotopic (exact) mass is 386 g/mol. The van der Waals surface area contributed by atoms with Crippen molar-refractivity contribution in [3.8, 4) is 0 Å². The summed E-state index contributed by atoms with van der Waals surface area (Å²) >= 11 is 6.44. The van der Waals surface area contributed by atoms with Crippen LogP contribution in [0.4, 0.5) is 5.69 Å². The Hall–Kier alpha value is -2.18. The quantitative estimate of drug-likeness (QED) is 0.808. The second-order valence-electron chi connectivity index (χ2n) is 7.19. The lowest BCUT2D eigenvalue weighted by atomic mass is 10.1. The van der Waals surface area contributed by atoms with E-state index in [1.807, 2.05) is 30.2 Å². The molecule has 27 heavy (non-hydrogen) atoms. The number of aromatic nitrogens is 2. The van der Waals surface area contributed by atoms with Crippen LogP contribution in [0.25, 0.3) is 0 Å². The summed E-state index contributed by atoms with van der Waals surface area (Å²) in [5, 5.41) is 0.647. The van der Waals surface area contributed by atoms with Crippen LogP contribution in [0, 0.1) is 12.8 Å². The lowest BCUT2D eigenvalue weighted by Crippen LogP contribution is -2.34. The number of rotatable bonds is 4. The number of anilines is 1. The summed E-state index contributed by atoms with van der Waals surface area (Å²) in [6, 6.07) is 3.97. The molecule has 1 atom stereocenters. The van der Waals surface area contributed by atoms with E-state index in [9.17, 15) is 4.79 Å². The minimum absolute atomic E-state index is 0.00809. The lowest BCUT2D eigenvalue weighted by molar-refractivity contribution is -0.135. The molecular formula is C20H23ClN4O2. The SMILES string of the molecule is COCc1nc2c(c(C)c1Cl)CN(C(=O)C1CCN(c3cccnc3)C1)C2. The molecule has 4 rings (SSSR count). The van der Waals surface area contributed by atoms with Gasteiger partial charge in [-0.1, -0.05) is 11.6 Å². The van der Waals surface area contributed by atoms with Crippen molar-refractivity contribution in [2.24, 2.45) is 5.92 Å². The maximum atomic E-state index is 13.1. The summed E-state index contributed by atoms with van der Waals surface area (Å²) in [4.78, 5) is 26.1. The van der Waals surface area contributed by atoms with E-state index in [1.54, 1.807) is 13.3 Å². The number of carbonyl (C=O) groups excluding carboxylic acids is 1. The molecule has 1 fully saturated rings. The van der Waals surface area contributed by atoms with Gasteiger partial charge in [-0.05, 0) is 36.6 Å². The predicted octanol–water partition coefficient (Wildman–Crippen LogP) is 2.95. The van der Waals surface area contributed by atoms with Crippen molar-refractivity contribution in [1.29, 1.82) is 0 Å². The van der Waals surface area contributed by atoms with Crippen LogP contribution in [-0.2, 0) is 29.2 Å². The van der Waals surface area contributed by atoms with E-state index in [0.717, 1.165) is 47.7 Å². The number of hydrogen-bond acceptors (Lipinski definition) is 5. The molecule has 142 valence electrons. The molecular weight excluding hydrogens is 364 g/mol. The molecule has 4 heterocycles. The van der Waals surface area contributed by atoms with E-state index in [1.165, 1.54) is 0 Å². The fraction of sp³-hybridized carbons (Fsp3) is 0.450. The fourth-order valence-electron chi connectivity index (χ4n) is 4.00. The molecule has 0 N–H and O–H groups in total. The van der Waals surface area contributed by atoms with Crippen LogP contribution < -0.4 is 4.90 Å². The molecule has 0 aliphatic carbocycles. The lowest BCUT2D eigenvalue weighted by Gasteiger charge is -2.21. The predicted molar refractivity (Wildman–Crippen MR) is 104 cm³/mol. The summed E-state index contributed by atoms with van der Waals surface area (Å²) in [6.45, 7) is 5.12. The van der Waals surface area contributed by atoms with Gasteiger partial charge in [-0.3, -0.25) is 14.8 Å². The van der Waals surface area contributed by atoms with E-state index in [2.05, 4.69) is 14.9 Å². The Kier molecular flexibility index (Phi) is 5.02. The zero-order valence-electron chi connectivity index (χ0n) is 15.6. The number of halogens is 1. The summed E-state index contributed by atoms with van der Waals surface area (Å²) in [5.41, 5.74) is 4.85. The van der Waals surface area contributed by atoms with Gasteiger partial charge in [0.2, 0.25) is 5.91 Å². The molecule has 2 aromatic rings. The maximum Gasteiger partial charge on any atom is 0.228 e. The number of methoxy groups -OCH3 is 1. The van der Waals surface area contributed by atoms with Crippen molar-refractivity contribution in [3.05, 3.63) is 52.1 Å². The van der Waals surface area contributed by atoms with E-state index in [4.69, 9.17) is 16.3 Å². The summed E-state index contributed by atoms with van der Waals surface area (Å²) in [7, 11) is 1.63. The number of nitrogens with zero attached hydrogens (tertiary/aromatic N) is 4. The third-order valence-corrected chi connectivity index (χ3v) is 5.99. The van der Waals surface area contributed by atoms with Gasteiger partial charge in [-0.25, -0.2) is 0 Å². The average molecular weight is 387 g/mol. The third-order valence-electron chi connectivity index (χ3n) is 5.48. The molecule has 1 saturated heterocycles. The van der Waals surface area contributed by atoms with Gasteiger partial charge in [0, 0.05) is 32.9 Å². The molecule has 1 unspecified atom stereocenters. The normalized spacial score (nSPS) is 18.9. The highest BCUT2D eigenvalue weighted by Crippen LogP contribution is 2.33. The molecule has 0 radical (unpaired) electrons. The molecule has 6 nitrogen and oxygen atoms in total. The Morgan fingerprint density at radius 2 is 2.26 bits per heavy atom. The Morgan fingerprint density at radius 1 is 1.41 bits per heavy atom. The number of fused-ring (bicyclic) bond motifs is 1. The van der Waals surface area contributed by atoms with Crippen LogP contribution in [0.5, 0.6) is 0 Å². The van der Waals surface area contributed by atoms with Gasteiger partial charge in [0.25, 0.3) is 0 Å². The fourth-order valence-corrected chi connectivity index (χ4v) is 4.21. The van der Waals surface area contributed by atoms with Gasteiger partial charge >= 0.3 is 0 Å². The first-order valence-electron chi connectivity index (χ1n) is 9.18. The van der Waals surface area contributed by atoms with Crippen molar-refractivity contribution in [1.82, 2.24) is 14.9 Å². The topological polar surface area (TPSA) is 58.6 Å². The molecule has 7 heteroatoms. The van der Waals surface area contributed by atoms with Gasteiger partial charge in [0.05, 0.1) is 47.4 Å². The molecule has 0 saturated carbocycles. The van der Waals surface area contributed by atoms with E-state index in [-0.39, 0.29) is 11.8 Å². The molecule has 2 aromatic heterocycles. The van der Waals surface area contributed by atoms with Crippen LogP contribution >= 0.6 is 11.6 Å². The van der Waals surface area contributed by atoms with Crippen molar-refractivity contribution >= 4 is 23.2 Å². The standard InChI is InChI=1S/C20H23ClN4O2/c1-13-16-10-25(11-17(16)23-18(12-27-2)19(13)21)20(26)14-5-7-24(9-14)15-4-3-6-22-8-15/h3-4,6,8,14H,5,7,9-12H2,1-2H3. The summed E-state index contributed by atoms with van der Waals surface area (Å²) in [6.07, 6.45) is 4.48. The number of amides is 1. The first-order chi connectivity index (χ1) is 13.1. The highest BCUT2D eigenvalue weighted by molar-refractivity contribution is 6.32. The minimum atomic E-state index is 0.00809. The number of hydrogen-bond donors (Lipinski definition) is 0. The van der Waals surface area contributed by atoms with Gasteiger partial charge in [-0.15, -0.1) is 0 Å². The van der Waals surface area contributed by atoms with Crippen LogP contribution in [0.2, 0.25) is 5.02 Å². The van der Waals surface area contributed by atoms with Crippen molar-refractivity contribution < 1.29 is 9.53 Å². The molecule has 2 aliphatic rings. The van der Waals surface area contributed by atoms with Gasteiger partial charge in [0.15, 0.2) is 0 Å². The second kappa shape index (κ2) is 7.44.